The Morgan fingerprint density at radius 3 is 2.10 bits per heavy atom. The summed E-state index contributed by atoms with van der Waals surface area (Å²) in [6.07, 6.45) is 5.28. The molecule has 0 aromatic heterocycles. The van der Waals surface area contributed by atoms with E-state index in [1.807, 2.05) is 12.1 Å². The van der Waals surface area contributed by atoms with Crippen molar-refractivity contribution in [1.82, 2.24) is 5.32 Å². The van der Waals surface area contributed by atoms with Gasteiger partial charge in [0.2, 0.25) is 0 Å². The van der Waals surface area contributed by atoms with E-state index < -0.39 is 0 Å². The second-order valence-corrected chi connectivity index (χ2v) is 5.86. The van der Waals surface area contributed by atoms with Crippen LogP contribution in [0.15, 0.2) is 12.1 Å². The number of hydrogen-bond donors (Lipinski definition) is 1. The van der Waals surface area contributed by atoms with Crippen molar-refractivity contribution in [1.29, 1.82) is 0 Å². The van der Waals surface area contributed by atoms with Crippen LogP contribution in [0.4, 0.5) is 0 Å². The number of methoxy groups -OCH3 is 3. The SMILES string of the molecule is CCCC1(CNCc2c(OC)cc(OC)cc2OC)CC1. The zero-order chi connectivity index (χ0) is 15.3. The molecule has 0 aliphatic heterocycles. The predicted molar refractivity (Wildman–Crippen MR) is 84.4 cm³/mol. The molecule has 0 atom stereocenters. The van der Waals surface area contributed by atoms with E-state index in [-0.39, 0.29) is 0 Å². The van der Waals surface area contributed by atoms with Gasteiger partial charge in [-0.05, 0) is 24.7 Å². The maximum absolute atomic E-state index is 5.48. The van der Waals surface area contributed by atoms with E-state index in [2.05, 4.69) is 12.2 Å². The van der Waals surface area contributed by atoms with Gasteiger partial charge >= 0.3 is 0 Å². The standard InChI is InChI=1S/C17H27NO3/c1-5-6-17(7-8-17)12-18-11-14-15(20-3)9-13(19-2)10-16(14)21-4/h9-10,18H,5-8,11-12H2,1-4H3. The smallest absolute Gasteiger partial charge is 0.130 e. The highest BCUT2D eigenvalue weighted by atomic mass is 16.5. The van der Waals surface area contributed by atoms with Gasteiger partial charge in [-0.25, -0.2) is 0 Å². The molecule has 1 aromatic carbocycles. The van der Waals surface area contributed by atoms with Gasteiger partial charge < -0.3 is 19.5 Å². The Morgan fingerprint density at radius 1 is 1.05 bits per heavy atom. The summed E-state index contributed by atoms with van der Waals surface area (Å²) >= 11 is 0. The number of benzene rings is 1. The molecular formula is C17H27NO3. The van der Waals surface area contributed by atoms with Crippen molar-refractivity contribution in [2.75, 3.05) is 27.9 Å². The molecule has 0 saturated heterocycles. The van der Waals surface area contributed by atoms with Crippen molar-refractivity contribution in [2.45, 2.75) is 39.2 Å². The van der Waals surface area contributed by atoms with E-state index in [4.69, 9.17) is 14.2 Å². The van der Waals surface area contributed by atoms with Gasteiger partial charge in [-0.3, -0.25) is 0 Å². The normalized spacial score (nSPS) is 15.6. The van der Waals surface area contributed by atoms with E-state index >= 15 is 0 Å². The summed E-state index contributed by atoms with van der Waals surface area (Å²) < 4.78 is 16.2. The maximum atomic E-state index is 5.48. The van der Waals surface area contributed by atoms with Crippen molar-refractivity contribution in [3.8, 4) is 17.2 Å². The first-order valence-corrected chi connectivity index (χ1v) is 7.67. The Bertz CT molecular complexity index is 444. The second-order valence-electron chi connectivity index (χ2n) is 5.86. The van der Waals surface area contributed by atoms with E-state index in [0.717, 1.165) is 35.9 Å². The highest BCUT2D eigenvalue weighted by molar-refractivity contribution is 5.50. The average Bonchev–Trinajstić information content (AvgIpc) is 3.27. The summed E-state index contributed by atoms with van der Waals surface area (Å²) in [5.74, 6) is 2.36. The average molecular weight is 293 g/mol. The third kappa shape index (κ3) is 3.82. The highest BCUT2D eigenvalue weighted by Gasteiger charge is 2.40. The van der Waals surface area contributed by atoms with Gasteiger partial charge in [0.25, 0.3) is 0 Å². The molecule has 1 fully saturated rings. The van der Waals surface area contributed by atoms with Crippen LogP contribution >= 0.6 is 0 Å². The third-order valence-corrected chi connectivity index (χ3v) is 4.36. The van der Waals surface area contributed by atoms with Crippen LogP contribution in [0.25, 0.3) is 0 Å². The Kier molecular flexibility index (Phi) is 5.34. The number of nitrogens with one attached hydrogen (secondary N) is 1. The summed E-state index contributed by atoms with van der Waals surface area (Å²) in [5, 5.41) is 3.58. The van der Waals surface area contributed by atoms with Gasteiger partial charge in [-0.1, -0.05) is 13.3 Å². The van der Waals surface area contributed by atoms with E-state index in [1.165, 1.54) is 25.7 Å². The summed E-state index contributed by atoms with van der Waals surface area (Å²) in [6, 6.07) is 3.80. The Morgan fingerprint density at radius 2 is 1.67 bits per heavy atom. The number of hydrogen-bond acceptors (Lipinski definition) is 4. The number of ether oxygens (including phenoxy) is 3. The molecule has 0 bridgehead atoms. The van der Waals surface area contributed by atoms with Crippen LogP contribution < -0.4 is 19.5 Å². The van der Waals surface area contributed by atoms with Gasteiger partial charge in [0.1, 0.15) is 17.2 Å². The van der Waals surface area contributed by atoms with Crippen LogP contribution in [0.3, 0.4) is 0 Å². The molecule has 0 unspecified atom stereocenters. The summed E-state index contributed by atoms with van der Waals surface area (Å²) in [4.78, 5) is 0. The molecule has 2 rings (SSSR count). The minimum Gasteiger partial charge on any atom is -0.496 e. The van der Waals surface area contributed by atoms with Crippen LogP contribution in [0.2, 0.25) is 0 Å². The zero-order valence-electron chi connectivity index (χ0n) is 13.6. The van der Waals surface area contributed by atoms with Crippen molar-refractivity contribution < 1.29 is 14.2 Å². The lowest BCUT2D eigenvalue weighted by atomic mass is 10.0. The Labute approximate surface area is 127 Å². The molecule has 4 nitrogen and oxygen atoms in total. The Balaban J connectivity index is 2.04. The topological polar surface area (TPSA) is 39.7 Å². The molecule has 1 N–H and O–H groups in total. The molecule has 1 aromatic rings. The van der Waals surface area contributed by atoms with E-state index in [1.54, 1.807) is 21.3 Å². The van der Waals surface area contributed by atoms with Crippen LogP contribution in [0.5, 0.6) is 17.2 Å². The lowest BCUT2D eigenvalue weighted by Crippen LogP contribution is -2.24. The fraction of sp³-hybridized carbons (Fsp3) is 0.647. The molecule has 1 saturated carbocycles. The van der Waals surface area contributed by atoms with Gasteiger partial charge in [-0.15, -0.1) is 0 Å². The zero-order valence-corrected chi connectivity index (χ0v) is 13.6. The highest BCUT2D eigenvalue weighted by Crippen LogP contribution is 2.49. The van der Waals surface area contributed by atoms with E-state index in [0.29, 0.717) is 5.41 Å². The van der Waals surface area contributed by atoms with Crippen LogP contribution in [-0.4, -0.2) is 27.9 Å². The third-order valence-electron chi connectivity index (χ3n) is 4.36. The fourth-order valence-corrected chi connectivity index (χ4v) is 2.93. The predicted octanol–water partition coefficient (Wildman–Crippen LogP) is 3.38. The summed E-state index contributed by atoms with van der Waals surface area (Å²) in [6.45, 7) is 4.08. The molecule has 4 heteroatoms. The summed E-state index contributed by atoms with van der Waals surface area (Å²) in [7, 11) is 5.00. The molecule has 0 spiro atoms. The molecule has 0 heterocycles. The minimum atomic E-state index is 0.543. The second kappa shape index (κ2) is 7.03. The first kappa shape index (κ1) is 16.0. The van der Waals surface area contributed by atoms with E-state index in [9.17, 15) is 0 Å². The first-order valence-electron chi connectivity index (χ1n) is 7.67. The molecule has 0 radical (unpaired) electrons. The largest absolute Gasteiger partial charge is 0.496 e. The minimum absolute atomic E-state index is 0.543. The van der Waals surface area contributed by atoms with Crippen LogP contribution in [-0.2, 0) is 6.54 Å². The molecule has 1 aliphatic rings. The molecular weight excluding hydrogens is 266 g/mol. The fourth-order valence-electron chi connectivity index (χ4n) is 2.93. The van der Waals surface area contributed by atoms with Crippen molar-refractivity contribution in [3.05, 3.63) is 17.7 Å². The lowest BCUT2D eigenvalue weighted by Gasteiger charge is -2.18. The van der Waals surface area contributed by atoms with Gasteiger partial charge in [0, 0.05) is 25.2 Å². The quantitative estimate of drug-likeness (QED) is 0.757. The van der Waals surface area contributed by atoms with Gasteiger partial charge in [0.05, 0.1) is 26.9 Å². The molecule has 21 heavy (non-hydrogen) atoms. The van der Waals surface area contributed by atoms with Gasteiger partial charge in [0.15, 0.2) is 0 Å². The van der Waals surface area contributed by atoms with Crippen molar-refractivity contribution in [2.24, 2.45) is 5.41 Å². The van der Waals surface area contributed by atoms with Gasteiger partial charge in [-0.2, -0.15) is 0 Å². The van der Waals surface area contributed by atoms with Crippen LogP contribution in [0, 0.1) is 5.41 Å². The molecule has 0 amide bonds. The Hall–Kier alpha value is -1.42. The molecule has 118 valence electrons. The number of rotatable bonds is 9. The summed E-state index contributed by atoms with van der Waals surface area (Å²) in [5.41, 5.74) is 1.59. The first-order chi connectivity index (χ1) is 10.2. The maximum Gasteiger partial charge on any atom is 0.130 e. The van der Waals surface area contributed by atoms with Crippen molar-refractivity contribution in [3.63, 3.8) is 0 Å². The lowest BCUT2D eigenvalue weighted by molar-refractivity contribution is 0.362. The van der Waals surface area contributed by atoms with Crippen LogP contribution in [0.1, 0.15) is 38.2 Å². The molecule has 1 aliphatic carbocycles. The van der Waals surface area contributed by atoms with Crippen molar-refractivity contribution >= 4 is 0 Å². The monoisotopic (exact) mass is 293 g/mol.